The van der Waals surface area contributed by atoms with Crippen molar-refractivity contribution >= 4 is 51.3 Å². The summed E-state index contributed by atoms with van der Waals surface area (Å²) in [5.74, 6) is -0.301. The number of hydrogen-bond donors (Lipinski definition) is 1. The lowest BCUT2D eigenvalue weighted by Crippen LogP contribution is -2.00. The van der Waals surface area contributed by atoms with Gasteiger partial charge in [0.1, 0.15) is 17.3 Å². The van der Waals surface area contributed by atoms with Crippen LogP contribution in [-0.2, 0) is 11.4 Å². The fourth-order valence-corrected chi connectivity index (χ4v) is 4.11. The molecule has 6 nitrogen and oxygen atoms in total. The maximum Gasteiger partial charge on any atom is 0.342 e. The van der Waals surface area contributed by atoms with Gasteiger partial charge in [-0.05, 0) is 72.8 Å². The van der Waals surface area contributed by atoms with Crippen molar-refractivity contribution < 1.29 is 19.1 Å². The first-order valence-corrected chi connectivity index (χ1v) is 12.1. The van der Waals surface area contributed by atoms with Gasteiger partial charge in [0.2, 0.25) is 5.89 Å². The van der Waals surface area contributed by atoms with Gasteiger partial charge < -0.3 is 14.3 Å². The van der Waals surface area contributed by atoms with Gasteiger partial charge >= 0.3 is 5.97 Å². The monoisotopic (exact) mass is 556 g/mol. The Hall–Kier alpha value is -3.07. The van der Waals surface area contributed by atoms with Crippen molar-refractivity contribution in [2.75, 3.05) is 0 Å². The molecule has 0 saturated heterocycles. The van der Waals surface area contributed by atoms with Crippen LogP contribution in [0.3, 0.4) is 0 Å². The molecule has 1 aromatic heterocycles. The van der Waals surface area contributed by atoms with E-state index >= 15 is 0 Å². The van der Waals surface area contributed by atoms with Gasteiger partial charge in [0.05, 0.1) is 0 Å². The zero-order valence-corrected chi connectivity index (χ0v) is 21.0. The Balaban J connectivity index is 1.56. The second-order valence-corrected chi connectivity index (χ2v) is 9.60. The minimum absolute atomic E-state index is 0.00425. The maximum absolute atomic E-state index is 12.0. The molecular formula is C25H18BrClN2O4S. The van der Waals surface area contributed by atoms with Gasteiger partial charge in [0.15, 0.2) is 0 Å². The third-order valence-electron chi connectivity index (χ3n) is 4.68. The number of ether oxygens (including phenoxy) is 1. The highest BCUT2D eigenvalue weighted by Crippen LogP contribution is 2.33. The van der Waals surface area contributed by atoms with Crippen LogP contribution in [0, 0.1) is 6.92 Å². The van der Waals surface area contributed by atoms with E-state index in [1.165, 1.54) is 11.6 Å². The number of halogens is 2. The Kier molecular flexibility index (Phi) is 7.72. The number of aromatic nitrogens is 2. The SMILES string of the molecule is Cc1ccc(COc2ccc(Br)cc2/C=C(\Sc2nnc(-c3ccc(Cl)cc3)o2)C(=O)O)cc1. The molecular weight excluding hydrogens is 540 g/mol. The lowest BCUT2D eigenvalue weighted by Gasteiger charge is -2.11. The molecule has 0 aliphatic rings. The normalized spacial score (nSPS) is 11.4. The average Bonchev–Trinajstić information content (AvgIpc) is 3.28. The summed E-state index contributed by atoms with van der Waals surface area (Å²) < 4.78 is 12.4. The standard InChI is InChI=1S/C25H18BrClN2O4S/c1-15-2-4-16(5-3-15)14-32-21-11-8-19(26)12-18(21)13-22(24(30)31)34-25-29-28-23(33-25)17-6-9-20(27)10-7-17/h2-13H,14H2,1H3,(H,30,31)/b22-13-. The van der Waals surface area contributed by atoms with Gasteiger partial charge in [-0.1, -0.05) is 57.4 Å². The van der Waals surface area contributed by atoms with Gasteiger partial charge in [-0.2, -0.15) is 0 Å². The number of hydrogen-bond acceptors (Lipinski definition) is 6. The van der Waals surface area contributed by atoms with E-state index in [2.05, 4.69) is 26.1 Å². The van der Waals surface area contributed by atoms with Crippen LogP contribution in [0.4, 0.5) is 0 Å². The summed E-state index contributed by atoms with van der Waals surface area (Å²) in [6, 6.07) is 20.4. The molecule has 0 saturated carbocycles. The van der Waals surface area contributed by atoms with Crippen LogP contribution in [0.5, 0.6) is 5.75 Å². The zero-order chi connectivity index (χ0) is 24.1. The highest BCUT2D eigenvalue weighted by Gasteiger charge is 2.17. The average molecular weight is 558 g/mol. The van der Waals surface area contributed by atoms with E-state index in [1.54, 1.807) is 36.4 Å². The van der Waals surface area contributed by atoms with Crippen LogP contribution in [0.1, 0.15) is 16.7 Å². The third-order valence-corrected chi connectivity index (χ3v) is 6.28. The topological polar surface area (TPSA) is 85.5 Å². The fraction of sp³-hybridized carbons (Fsp3) is 0.0800. The molecule has 4 rings (SSSR count). The highest BCUT2D eigenvalue weighted by molar-refractivity contribution is 9.10. The number of carboxylic acids is 1. The third kappa shape index (κ3) is 6.28. The van der Waals surface area contributed by atoms with Crippen LogP contribution in [0.2, 0.25) is 5.02 Å². The van der Waals surface area contributed by atoms with Crippen molar-refractivity contribution in [3.8, 4) is 17.2 Å². The molecule has 34 heavy (non-hydrogen) atoms. The maximum atomic E-state index is 12.0. The molecule has 0 aliphatic heterocycles. The molecule has 0 unspecified atom stereocenters. The van der Waals surface area contributed by atoms with Crippen LogP contribution >= 0.6 is 39.3 Å². The van der Waals surface area contributed by atoms with Crippen LogP contribution in [0.15, 0.2) is 85.7 Å². The Labute approximate surface area is 213 Å². The second kappa shape index (κ2) is 10.9. The van der Waals surface area contributed by atoms with E-state index in [1.807, 2.05) is 37.3 Å². The van der Waals surface area contributed by atoms with Crippen LogP contribution in [-0.4, -0.2) is 21.3 Å². The summed E-state index contributed by atoms with van der Waals surface area (Å²) in [7, 11) is 0. The summed E-state index contributed by atoms with van der Waals surface area (Å²) >= 11 is 10.2. The number of nitrogens with zero attached hydrogens (tertiary/aromatic N) is 2. The summed E-state index contributed by atoms with van der Waals surface area (Å²) in [4.78, 5) is 12.0. The number of rotatable bonds is 8. The van der Waals surface area contributed by atoms with Gasteiger partial charge in [-0.25, -0.2) is 4.79 Å². The van der Waals surface area contributed by atoms with Gasteiger partial charge in [0, 0.05) is 20.6 Å². The van der Waals surface area contributed by atoms with Crippen molar-refractivity contribution in [2.24, 2.45) is 0 Å². The van der Waals surface area contributed by atoms with E-state index in [0.717, 1.165) is 21.8 Å². The van der Waals surface area contributed by atoms with E-state index < -0.39 is 5.97 Å². The molecule has 0 radical (unpaired) electrons. The largest absolute Gasteiger partial charge is 0.488 e. The molecule has 0 spiro atoms. The van der Waals surface area contributed by atoms with Crippen molar-refractivity contribution in [2.45, 2.75) is 18.8 Å². The second-order valence-electron chi connectivity index (χ2n) is 7.25. The number of aryl methyl sites for hydroxylation is 1. The quantitative estimate of drug-likeness (QED) is 0.180. The Morgan fingerprint density at radius 2 is 1.85 bits per heavy atom. The fourth-order valence-electron chi connectivity index (χ4n) is 2.94. The minimum Gasteiger partial charge on any atom is -0.488 e. The van der Waals surface area contributed by atoms with E-state index in [0.29, 0.717) is 28.5 Å². The van der Waals surface area contributed by atoms with E-state index in [-0.39, 0.29) is 16.0 Å². The Morgan fingerprint density at radius 3 is 2.56 bits per heavy atom. The molecule has 0 atom stereocenters. The van der Waals surface area contributed by atoms with Gasteiger partial charge in [-0.3, -0.25) is 0 Å². The lowest BCUT2D eigenvalue weighted by atomic mass is 10.1. The molecule has 0 amide bonds. The molecule has 3 aromatic carbocycles. The number of aliphatic carboxylic acids is 1. The summed E-state index contributed by atoms with van der Waals surface area (Å²) in [5, 5.41) is 18.5. The molecule has 1 N–H and O–H groups in total. The Bertz CT molecular complexity index is 1340. The zero-order valence-electron chi connectivity index (χ0n) is 17.9. The highest BCUT2D eigenvalue weighted by atomic mass is 79.9. The molecule has 172 valence electrons. The van der Waals surface area contributed by atoms with Crippen LogP contribution < -0.4 is 4.74 Å². The summed E-state index contributed by atoms with van der Waals surface area (Å²) in [6.07, 6.45) is 1.52. The van der Waals surface area contributed by atoms with Crippen molar-refractivity contribution in [1.29, 1.82) is 0 Å². The molecule has 1 heterocycles. The van der Waals surface area contributed by atoms with Crippen LogP contribution in [0.25, 0.3) is 17.5 Å². The first-order valence-electron chi connectivity index (χ1n) is 10.1. The predicted molar refractivity (Wildman–Crippen MR) is 136 cm³/mol. The van der Waals surface area contributed by atoms with Gasteiger partial charge in [0.25, 0.3) is 5.22 Å². The van der Waals surface area contributed by atoms with Gasteiger partial charge in [-0.15, -0.1) is 10.2 Å². The molecule has 0 fully saturated rings. The molecule has 4 aromatic rings. The van der Waals surface area contributed by atoms with E-state index in [4.69, 9.17) is 20.8 Å². The van der Waals surface area contributed by atoms with Crippen molar-refractivity contribution in [1.82, 2.24) is 10.2 Å². The first-order chi connectivity index (χ1) is 16.4. The number of benzene rings is 3. The van der Waals surface area contributed by atoms with E-state index in [9.17, 15) is 9.90 Å². The number of carboxylic acid groups (broad SMARTS) is 1. The lowest BCUT2D eigenvalue weighted by molar-refractivity contribution is -0.131. The van der Waals surface area contributed by atoms with Crippen molar-refractivity contribution in [3.05, 3.63) is 97.8 Å². The summed E-state index contributed by atoms with van der Waals surface area (Å²) in [5.41, 5.74) is 3.46. The first kappa shape index (κ1) is 24.1. The smallest absolute Gasteiger partial charge is 0.342 e. The molecule has 0 aliphatic carbocycles. The van der Waals surface area contributed by atoms with Crippen molar-refractivity contribution in [3.63, 3.8) is 0 Å². The number of thioether (sulfide) groups is 1. The molecule has 9 heteroatoms. The predicted octanol–water partition coefficient (Wildman–Crippen LogP) is 7.26. The Morgan fingerprint density at radius 1 is 1.12 bits per heavy atom. The summed E-state index contributed by atoms with van der Waals surface area (Å²) in [6.45, 7) is 2.38. The molecule has 0 bridgehead atoms. The minimum atomic E-state index is -1.12. The number of carbonyl (C=O) groups is 1.